The van der Waals surface area contributed by atoms with Crippen LogP contribution in [0.3, 0.4) is 0 Å². The third kappa shape index (κ3) is 3.06. The Bertz CT molecular complexity index is 642. The van der Waals surface area contributed by atoms with Crippen LogP contribution in [0.25, 0.3) is 0 Å². The van der Waals surface area contributed by atoms with Crippen molar-refractivity contribution in [1.29, 1.82) is 0 Å². The number of ether oxygens (including phenoxy) is 1. The molecule has 0 spiro atoms. The van der Waals surface area contributed by atoms with Crippen LogP contribution in [0, 0.1) is 0 Å². The van der Waals surface area contributed by atoms with Gasteiger partial charge < -0.3 is 14.7 Å². The average Bonchev–Trinajstić information content (AvgIpc) is 2.68. The Labute approximate surface area is 133 Å². The predicted octanol–water partition coefficient (Wildman–Crippen LogP) is 3.90. The number of halogens is 1. The van der Waals surface area contributed by atoms with E-state index in [2.05, 4.69) is 33.0 Å². The number of hydrogen-bond acceptors (Lipinski definition) is 3. The van der Waals surface area contributed by atoms with Gasteiger partial charge in [-0.15, -0.1) is 0 Å². The summed E-state index contributed by atoms with van der Waals surface area (Å²) in [6.07, 6.45) is -0.493. The summed E-state index contributed by atoms with van der Waals surface area (Å²) < 4.78 is 6.83. The highest BCUT2D eigenvalue weighted by atomic mass is 79.9. The molecule has 0 fully saturated rings. The fraction of sp³-hybridized carbons (Fsp3) is 0.294. The first-order valence-electron chi connectivity index (χ1n) is 7.08. The minimum absolute atomic E-state index is 0.493. The van der Waals surface area contributed by atoms with Crippen LogP contribution in [0.2, 0.25) is 0 Å². The van der Waals surface area contributed by atoms with E-state index in [-0.39, 0.29) is 0 Å². The largest absolute Gasteiger partial charge is 0.491 e. The van der Waals surface area contributed by atoms with E-state index < -0.39 is 6.10 Å². The van der Waals surface area contributed by atoms with Gasteiger partial charge in [-0.05, 0) is 25.1 Å². The average molecular weight is 348 g/mol. The summed E-state index contributed by atoms with van der Waals surface area (Å²) >= 11 is 3.52. The van der Waals surface area contributed by atoms with Gasteiger partial charge in [-0.3, -0.25) is 0 Å². The quantitative estimate of drug-likeness (QED) is 0.894. The minimum Gasteiger partial charge on any atom is -0.491 e. The number of benzene rings is 2. The summed E-state index contributed by atoms with van der Waals surface area (Å²) in [5.41, 5.74) is 3.17. The monoisotopic (exact) mass is 347 g/mol. The van der Waals surface area contributed by atoms with E-state index >= 15 is 0 Å². The standard InChI is InChI=1S/C17H18BrNO2/c1-12(20)15-7-6-14(18)10-16(15)19-8-9-21-17-5-3-2-4-13(17)11-19/h2-7,10,12,20H,8-9,11H2,1H3. The summed E-state index contributed by atoms with van der Waals surface area (Å²) in [6.45, 7) is 4.02. The van der Waals surface area contributed by atoms with Gasteiger partial charge in [0.05, 0.1) is 12.6 Å². The second-order valence-corrected chi connectivity index (χ2v) is 6.17. The molecule has 1 atom stereocenters. The van der Waals surface area contributed by atoms with E-state index in [0.29, 0.717) is 6.61 Å². The normalized spacial score (nSPS) is 15.9. The van der Waals surface area contributed by atoms with Crippen molar-refractivity contribution in [3.8, 4) is 5.75 Å². The lowest BCUT2D eigenvalue weighted by atomic mass is 10.1. The number of anilines is 1. The lowest BCUT2D eigenvalue weighted by molar-refractivity contribution is 0.199. The lowest BCUT2D eigenvalue weighted by Gasteiger charge is -2.26. The fourth-order valence-corrected chi connectivity index (χ4v) is 3.02. The molecule has 2 aromatic rings. The van der Waals surface area contributed by atoms with Crippen molar-refractivity contribution in [2.75, 3.05) is 18.1 Å². The van der Waals surface area contributed by atoms with E-state index in [4.69, 9.17) is 4.74 Å². The maximum absolute atomic E-state index is 10.0. The van der Waals surface area contributed by atoms with Crippen molar-refractivity contribution in [3.63, 3.8) is 0 Å². The van der Waals surface area contributed by atoms with Crippen molar-refractivity contribution in [3.05, 3.63) is 58.1 Å². The van der Waals surface area contributed by atoms with E-state index in [1.54, 1.807) is 6.92 Å². The summed E-state index contributed by atoms with van der Waals surface area (Å²) in [5.74, 6) is 0.952. The Morgan fingerprint density at radius 3 is 2.86 bits per heavy atom. The number of fused-ring (bicyclic) bond motifs is 1. The van der Waals surface area contributed by atoms with Crippen LogP contribution < -0.4 is 9.64 Å². The minimum atomic E-state index is -0.493. The molecule has 0 bridgehead atoms. The van der Waals surface area contributed by atoms with Crippen molar-refractivity contribution in [2.45, 2.75) is 19.6 Å². The van der Waals surface area contributed by atoms with E-state index in [1.165, 1.54) is 5.56 Å². The van der Waals surface area contributed by atoms with Gasteiger partial charge in [-0.2, -0.15) is 0 Å². The summed E-state index contributed by atoms with van der Waals surface area (Å²) in [6, 6.07) is 14.1. The molecule has 3 rings (SSSR count). The summed E-state index contributed by atoms with van der Waals surface area (Å²) in [7, 11) is 0. The van der Waals surface area contributed by atoms with Crippen LogP contribution in [-0.2, 0) is 6.54 Å². The first kappa shape index (κ1) is 14.4. The second kappa shape index (κ2) is 6.08. The maximum Gasteiger partial charge on any atom is 0.124 e. The zero-order valence-corrected chi connectivity index (χ0v) is 13.5. The molecule has 110 valence electrons. The molecule has 2 aromatic carbocycles. The molecule has 21 heavy (non-hydrogen) atoms. The molecule has 4 heteroatoms. The van der Waals surface area contributed by atoms with Crippen LogP contribution in [0.15, 0.2) is 46.9 Å². The van der Waals surface area contributed by atoms with Gasteiger partial charge in [0.25, 0.3) is 0 Å². The SMILES string of the molecule is CC(O)c1ccc(Br)cc1N1CCOc2ccccc2C1. The van der Waals surface area contributed by atoms with Crippen LogP contribution in [0.1, 0.15) is 24.2 Å². The van der Waals surface area contributed by atoms with E-state index in [1.807, 2.05) is 30.3 Å². The van der Waals surface area contributed by atoms with Crippen molar-refractivity contribution in [1.82, 2.24) is 0 Å². The van der Waals surface area contributed by atoms with Gasteiger partial charge in [-0.1, -0.05) is 40.2 Å². The molecule has 3 nitrogen and oxygen atoms in total. The Kier molecular flexibility index (Phi) is 4.17. The molecule has 0 amide bonds. The molecule has 0 aliphatic carbocycles. The van der Waals surface area contributed by atoms with Crippen molar-refractivity contribution >= 4 is 21.6 Å². The Morgan fingerprint density at radius 2 is 2.05 bits per heavy atom. The van der Waals surface area contributed by atoms with Gasteiger partial charge in [0.15, 0.2) is 0 Å². The van der Waals surface area contributed by atoms with Crippen LogP contribution >= 0.6 is 15.9 Å². The number of hydrogen-bond donors (Lipinski definition) is 1. The third-order valence-corrected chi connectivity index (χ3v) is 4.23. The van der Waals surface area contributed by atoms with Gasteiger partial charge in [0.2, 0.25) is 0 Å². The molecule has 0 saturated carbocycles. The second-order valence-electron chi connectivity index (χ2n) is 5.26. The van der Waals surface area contributed by atoms with Crippen molar-refractivity contribution in [2.24, 2.45) is 0 Å². The number of aliphatic hydroxyl groups excluding tert-OH is 1. The maximum atomic E-state index is 10.0. The number of rotatable bonds is 2. The Hall–Kier alpha value is -1.52. The van der Waals surface area contributed by atoms with Gasteiger partial charge in [0, 0.05) is 27.8 Å². The first-order chi connectivity index (χ1) is 10.1. The van der Waals surface area contributed by atoms with Crippen LogP contribution in [0.4, 0.5) is 5.69 Å². The third-order valence-electron chi connectivity index (χ3n) is 3.74. The zero-order valence-electron chi connectivity index (χ0n) is 11.9. The number of para-hydroxylation sites is 1. The molecule has 1 heterocycles. The molecule has 0 saturated heterocycles. The zero-order chi connectivity index (χ0) is 14.8. The highest BCUT2D eigenvalue weighted by Gasteiger charge is 2.19. The summed E-state index contributed by atoms with van der Waals surface area (Å²) in [5, 5.41) is 10.0. The summed E-state index contributed by atoms with van der Waals surface area (Å²) in [4.78, 5) is 2.26. The van der Waals surface area contributed by atoms with Crippen LogP contribution in [-0.4, -0.2) is 18.3 Å². The molecule has 0 radical (unpaired) electrons. The fourth-order valence-electron chi connectivity index (χ4n) is 2.68. The van der Waals surface area contributed by atoms with E-state index in [9.17, 15) is 5.11 Å². The highest BCUT2D eigenvalue weighted by Crippen LogP contribution is 2.33. The van der Waals surface area contributed by atoms with Gasteiger partial charge in [-0.25, -0.2) is 0 Å². The van der Waals surface area contributed by atoms with Gasteiger partial charge in [0.1, 0.15) is 12.4 Å². The van der Waals surface area contributed by atoms with Gasteiger partial charge >= 0.3 is 0 Å². The molecular formula is C17H18BrNO2. The topological polar surface area (TPSA) is 32.7 Å². The predicted molar refractivity (Wildman–Crippen MR) is 87.8 cm³/mol. The molecule has 1 aliphatic heterocycles. The van der Waals surface area contributed by atoms with Crippen molar-refractivity contribution < 1.29 is 9.84 Å². The lowest BCUT2D eigenvalue weighted by Crippen LogP contribution is -2.26. The Morgan fingerprint density at radius 1 is 1.24 bits per heavy atom. The first-order valence-corrected chi connectivity index (χ1v) is 7.87. The smallest absolute Gasteiger partial charge is 0.124 e. The highest BCUT2D eigenvalue weighted by molar-refractivity contribution is 9.10. The molecule has 1 N–H and O–H groups in total. The number of nitrogens with zero attached hydrogens (tertiary/aromatic N) is 1. The molecular weight excluding hydrogens is 330 g/mol. The molecule has 0 aromatic heterocycles. The number of aliphatic hydroxyl groups is 1. The van der Waals surface area contributed by atoms with E-state index in [0.717, 1.165) is 34.6 Å². The molecule has 1 aliphatic rings. The van der Waals surface area contributed by atoms with Crippen LogP contribution in [0.5, 0.6) is 5.75 Å². The molecule has 1 unspecified atom stereocenters. The Balaban J connectivity index is 1.99.